The second-order valence-electron chi connectivity index (χ2n) is 19.0. The van der Waals surface area contributed by atoms with Crippen LogP contribution in [0.25, 0.3) is 149 Å². The molecule has 1 aliphatic rings. The molecule has 0 atom stereocenters. The maximum absolute atomic E-state index is 8.17. The van der Waals surface area contributed by atoms with Crippen molar-refractivity contribution in [3.8, 4) is 112 Å². The molecule has 1 aromatic heterocycles. The Morgan fingerprint density at radius 2 is 0.649 bits per heavy atom. The molecule has 14 rings (SSSR count). The summed E-state index contributed by atoms with van der Waals surface area (Å²) in [5.74, 6) is 1.80. The quantitative estimate of drug-likeness (QED) is 0.113. The second kappa shape index (κ2) is 17.6. The topological polar surface area (TPSA) is 43.0 Å². The lowest BCUT2D eigenvalue weighted by Gasteiger charge is -2.13. The minimum absolute atomic E-state index is 0.590. The van der Waals surface area contributed by atoms with E-state index in [1.807, 2.05) is 42.5 Å². The average molecular weight is 939 g/mol. The second-order valence-corrected chi connectivity index (χ2v) is 19.0. The monoisotopic (exact) mass is 938 g/mol. The van der Waals surface area contributed by atoms with E-state index in [1.165, 1.54) is 60.1 Å². The highest BCUT2D eigenvalue weighted by Gasteiger charge is 2.23. The molecule has 0 unspecified atom stereocenters. The highest BCUT2D eigenvalue weighted by Crippen LogP contribution is 2.49. The first-order valence-corrected chi connectivity index (χ1v) is 24.9. The molecule has 1 aliphatic carbocycles. The summed E-state index contributed by atoms with van der Waals surface area (Å²) in [6.07, 6.45) is 0. The molecular formula is C70H42N4. The van der Waals surface area contributed by atoms with Crippen molar-refractivity contribution < 1.29 is 0 Å². The van der Waals surface area contributed by atoms with Crippen LogP contribution in [0.3, 0.4) is 0 Å². The summed E-state index contributed by atoms with van der Waals surface area (Å²) in [5, 5.41) is 7.42. The van der Waals surface area contributed by atoms with Crippen molar-refractivity contribution in [3.63, 3.8) is 0 Å². The minimum atomic E-state index is 0.590. The molecule has 1 heterocycles. The molecular weight excluding hydrogens is 897 g/mol. The predicted molar refractivity (Wildman–Crippen MR) is 307 cm³/mol. The van der Waals surface area contributed by atoms with E-state index in [2.05, 4.69) is 217 Å². The number of hydrogen-bond donors (Lipinski definition) is 0. The van der Waals surface area contributed by atoms with Crippen molar-refractivity contribution in [3.05, 3.63) is 266 Å². The summed E-state index contributed by atoms with van der Waals surface area (Å²) in [4.78, 5) is 19.4. The van der Waals surface area contributed by atoms with Crippen LogP contribution in [0.5, 0.6) is 0 Å². The van der Waals surface area contributed by atoms with Crippen molar-refractivity contribution >= 4 is 38.0 Å². The van der Waals surface area contributed by atoms with Crippen molar-refractivity contribution in [2.45, 2.75) is 0 Å². The average Bonchev–Trinajstić information content (AvgIpc) is 3.84. The SMILES string of the molecule is [C-]#[N+]c1cc(-c2cccc(-c3cccc(-c4nc(-c5ccccc5)nc(-c5cccc(-c6cc7ccccc7c7ccccc67)c5)n4)c3)c2)cc(-c2cccc(-c3ccc4c5c(cccc35)-c3ccccc3-4)c2)c1. The fraction of sp³-hybridized carbons (Fsp3) is 0. The zero-order valence-corrected chi connectivity index (χ0v) is 40.0. The summed E-state index contributed by atoms with van der Waals surface area (Å²) in [6, 6.07) is 90.0. The van der Waals surface area contributed by atoms with Crippen LogP contribution in [-0.2, 0) is 0 Å². The highest BCUT2D eigenvalue weighted by atomic mass is 15.0. The molecule has 12 aromatic carbocycles. The number of rotatable bonds is 8. The Hall–Kier alpha value is -10.1. The molecule has 0 amide bonds. The van der Waals surface area contributed by atoms with E-state index in [9.17, 15) is 0 Å². The summed E-state index contributed by atoms with van der Waals surface area (Å²) in [5.41, 5.74) is 19.2. The molecule has 0 radical (unpaired) electrons. The first-order chi connectivity index (χ1) is 36.6. The number of fused-ring (bicyclic) bond motifs is 6. The first kappa shape index (κ1) is 42.8. The van der Waals surface area contributed by atoms with Gasteiger partial charge in [-0.2, -0.15) is 0 Å². The fourth-order valence-corrected chi connectivity index (χ4v) is 11.1. The van der Waals surface area contributed by atoms with Crippen LogP contribution >= 0.6 is 0 Å². The van der Waals surface area contributed by atoms with Gasteiger partial charge in [0.05, 0.1) is 6.57 Å². The maximum atomic E-state index is 8.17. The van der Waals surface area contributed by atoms with Gasteiger partial charge in [-0.25, -0.2) is 19.8 Å². The van der Waals surface area contributed by atoms with Gasteiger partial charge < -0.3 is 0 Å². The Morgan fingerprint density at radius 1 is 0.243 bits per heavy atom. The lowest BCUT2D eigenvalue weighted by atomic mass is 9.91. The molecule has 4 heteroatoms. The van der Waals surface area contributed by atoms with Crippen LogP contribution in [0.2, 0.25) is 0 Å². The zero-order chi connectivity index (χ0) is 49.1. The Kier molecular flexibility index (Phi) is 10.2. The van der Waals surface area contributed by atoms with Gasteiger partial charge in [-0.05, 0) is 159 Å². The molecule has 0 saturated carbocycles. The lowest BCUT2D eigenvalue weighted by Crippen LogP contribution is -2.00. The van der Waals surface area contributed by atoms with Crippen LogP contribution in [0.15, 0.2) is 255 Å². The Bertz CT molecular complexity index is 4420. The Morgan fingerprint density at radius 3 is 1.31 bits per heavy atom. The standard InChI is InChI=1S/C70H42N4/c1-71-56-41-54(40-55(42-56)48-22-12-23-49(37-48)58-34-35-65-61-30-9-8-29-60(61)64-33-15-32-63(58)67(64)65)47-21-11-19-45(36-47)46-20-13-25-52(38-46)69-72-68(44-16-3-2-4-17-44)73-70(74-69)53-26-14-24-50(39-53)66-43-51-18-5-6-27-57(51)59-28-7-10-31-62(59)66/h2-43H. The van der Waals surface area contributed by atoms with Gasteiger partial charge in [-0.15, -0.1) is 0 Å². The third-order valence-electron chi connectivity index (χ3n) is 14.6. The summed E-state index contributed by atoms with van der Waals surface area (Å²) in [7, 11) is 0. The van der Waals surface area contributed by atoms with Gasteiger partial charge in [-0.1, -0.05) is 206 Å². The lowest BCUT2D eigenvalue weighted by molar-refractivity contribution is 1.07. The molecule has 0 saturated heterocycles. The van der Waals surface area contributed by atoms with E-state index in [-0.39, 0.29) is 0 Å². The van der Waals surface area contributed by atoms with Gasteiger partial charge in [0.1, 0.15) is 0 Å². The highest BCUT2D eigenvalue weighted by molar-refractivity contribution is 6.19. The molecule has 0 fully saturated rings. The third-order valence-corrected chi connectivity index (χ3v) is 14.6. The molecule has 74 heavy (non-hydrogen) atoms. The molecule has 0 spiro atoms. The van der Waals surface area contributed by atoms with Crippen LogP contribution in [-0.4, -0.2) is 15.0 Å². The molecule has 0 bridgehead atoms. The van der Waals surface area contributed by atoms with Gasteiger partial charge in [0.2, 0.25) is 0 Å². The van der Waals surface area contributed by atoms with E-state index in [0.717, 1.165) is 66.8 Å². The molecule has 13 aromatic rings. The van der Waals surface area contributed by atoms with Crippen molar-refractivity contribution in [2.75, 3.05) is 0 Å². The number of nitrogens with zero attached hydrogens (tertiary/aromatic N) is 4. The summed E-state index contributed by atoms with van der Waals surface area (Å²) < 4.78 is 0. The van der Waals surface area contributed by atoms with Gasteiger partial charge in [0.25, 0.3) is 0 Å². The van der Waals surface area contributed by atoms with Gasteiger partial charge in [0.15, 0.2) is 23.2 Å². The van der Waals surface area contributed by atoms with Crippen molar-refractivity contribution in [1.82, 2.24) is 15.0 Å². The van der Waals surface area contributed by atoms with Gasteiger partial charge in [-0.3, -0.25) is 0 Å². The number of aromatic nitrogens is 3. The normalized spacial score (nSPS) is 11.5. The van der Waals surface area contributed by atoms with Gasteiger partial charge >= 0.3 is 0 Å². The molecule has 4 nitrogen and oxygen atoms in total. The van der Waals surface area contributed by atoms with Crippen LogP contribution in [0.4, 0.5) is 5.69 Å². The van der Waals surface area contributed by atoms with Crippen molar-refractivity contribution in [2.24, 2.45) is 0 Å². The summed E-state index contributed by atoms with van der Waals surface area (Å²) >= 11 is 0. The largest absolute Gasteiger partial charge is 0.238 e. The van der Waals surface area contributed by atoms with Gasteiger partial charge in [0, 0.05) is 16.7 Å². The number of hydrogen-bond acceptors (Lipinski definition) is 3. The van der Waals surface area contributed by atoms with E-state index in [0.29, 0.717) is 23.2 Å². The van der Waals surface area contributed by atoms with E-state index in [1.54, 1.807) is 0 Å². The Balaban J connectivity index is 0.815. The maximum Gasteiger partial charge on any atom is 0.188 e. The zero-order valence-electron chi connectivity index (χ0n) is 40.0. The fourth-order valence-electron chi connectivity index (χ4n) is 11.1. The smallest absolute Gasteiger partial charge is 0.188 e. The molecule has 0 aliphatic heterocycles. The minimum Gasteiger partial charge on any atom is -0.238 e. The van der Waals surface area contributed by atoms with Crippen LogP contribution < -0.4 is 0 Å². The molecule has 342 valence electrons. The predicted octanol–water partition coefficient (Wildman–Crippen LogP) is 18.9. The van der Waals surface area contributed by atoms with E-state index >= 15 is 0 Å². The molecule has 0 N–H and O–H groups in total. The van der Waals surface area contributed by atoms with E-state index in [4.69, 9.17) is 21.5 Å². The summed E-state index contributed by atoms with van der Waals surface area (Å²) in [6.45, 7) is 8.17. The van der Waals surface area contributed by atoms with E-state index < -0.39 is 0 Å². The Labute approximate surface area is 429 Å². The van der Waals surface area contributed by atoms with Crippen LogP contribution in [0.1, 0.15) is 0 Å². The third kappa shape index (κ3) is 7.43. The van der Waals surface area contributed by atoms with Crippen LogP contribution in [0, 0.1) is 6.57 Å². The first-order valence-electron chi connectivity index (χ1n) is 24.9. The van der Waals surface area contributed by atoms with Crippen molar-refractivity contribution in [1.29, 1.82) is 0 Å². The number of benzene rings is 12.